The Labute approximate surface area is 209 Å². The molecule has 0 aliphatic carbocycles. The lowest BCUT2D eigenvalue weighted by Crippen LogP contribution is -2.17. The van der Waals surface area contributed by atoms with Gasteiger partial charge in [0.1, 0.15) is 0 Å². The summed E-state index contributed by atoms with van der Waals surface area (Å²) in [6.45, 7) is 0. The minimum atomic E-state index is -0.655. The number of benzene rings is 5. The van der Waals surface area contributed by atoms with E-state index in [1.54, 1.807) is 0 Å². The van der Waals surface area contributed by atoms with Crippen molar-refractivity contribution >= 4 is 64.9 Å². The maximum atomic E-state index is 14.0. The van der Waals surface area contributed by atoms with Gasteiger partial charge in [0.15, 0.2) is 21.7 Å². The lowest BCUT2D eigenvalue weighted by atomic mass is 9.97. The van der Waals surface area contributed by atoms with Gasteiger partial charge in [0, 0.05) is 48.5 Å². The summed E-state index contributed by atoms with van der Waals surface area (Å²) in [5.74, 6) is 0. The topological polar surface area (TPSA) is 134 Å². The van der Waals surface area contributed by atoms with E-state index in [-0.39, 0.29) is 64.9 Å². The van der Waals surface area contributed by atoms with E-state index in [0.29, 0.717) is 0 Å². The van der Waals surface area contributed by atoms with Crippen LogP contribution in [-0.2, 0) is 0 Å². The Balaban J connectivity index is 2.02. The van der Waals surface area contributed by atoms with E-state index in [2.05, 4.69) is 9.97 Å². The Morgan fingerprint density at radius 2 is 0.842 bits per heavy atom. The number of rotatable bonds is 0. The fourth-order valence-electron chi connectivity index (χ4n) is 5.20. The first kappa shape index (κ1) is 21.8. The van der Waals surface area contributed by atoms with E-state index in [4.69, 9.17) is 0 Å². The van der Waals surface area contributed by atoms with Crippen LogP contribution in [0, 0.1) is 0 Å². The predicted molar refractivity (Wildman–Crippen MR) is 149 cm³/mol. The van der Waals surface area contributed by atoms with Gasteiger partial charge in [-0.2, -0.15) is 0 Å². The van der Waals surface area contributed by atoms with Gasteiger partial charge in [-0.1, -0.05) is 42.5 Å². The molecule has 0 radical (unpaired) electrons. The minimum Gasteiger partial charge on any atom is -0.320 e. The fraction of sp³-hybridized carbons (Fsp3) is 0. The summed E-state index contributed by atoms with van der Waals surface area (Å²) in [6, 6.07) is 17.5. The summed E-state index contributed by atoms with van der Waals surface area (Å²) in [5, 5.41) is 0.511. The number of fused-ring (bicyclic) bond motifs is 3. The molecule has 0 aliphatic rings. The van der Waals surface area contributed by atoms with Crippen LogP contribution < -0.4 is 32.8 Å². The Morgan fingerprint density at radius 1 is 0.395 bits per heavy atom. The van der Waals surface area contributed by atoms with Crippen LogP contribution in [0.15, 0.2) is 102 Å². The summed E-state index contributed by atoms with van der Waals surface area (Å²) in [4.78, 5) is 86.7. The molecule has 0 spiro atoms. The zero-order valence-electron chi connectivity index (χ0n) is 19.4. The zero-order valence-corrected chi connectivity index (χ0v) is 19.4. The van der Waals surface area contributed by atoms with Crippen molar-refractivity contribution in [1.82, 2.24) is 9.97 Å². The molecule has 11 aromatic rings. The highest BCUT2D eigenvalue weighted by Crippen LogP contribution is 2.24. The molecule has 6 heterocycles. The van der Waals surface area contributed by atoms with Gasteiger partial charge in [-0.05, 0) is 30.3 Å². The normalized spacial score (nSPS) is 11.8. The Kier molecular flexibility index (Phi) is 4.29. The highest BCUT2D eigenvalue weighted by Gasteiger charge is 2.18. The van der Waals surface area contributed by atoms with Crippen LogP contribution in [0.2, 0.25) is 0 Å². The average molecular weight is 498 g/mol. The van der Waals surface area contributed by atoms with Crippen LogP contribution in [0.1, 0.15) is 0 Å². The summed E-state index contributed by atoms with van der Waals surface area (Å²) < 4.78 is 0. The van der Waals surface area contributed by atoms with Crippen molar-refractivity contribution in [1.29, 1.82) is 0 Å². The number of hydrogen-bond donors (Lipinski definition) is 2. The molecule has 0 saturated heterocycles. The second-order valence-corrected chi connectivity index (χ2v) is 9.20. The van der Waals surface area contributed by atoms with E-state index in [9.17, 15) is 28.8 Å². The minimum absolute atomic E-state index is 0.00771. The molecule has 0 fully saturated rings. The second-order valence-electron chi connectivity index (χ2n) is 9.20. The highest BCUT2D eigenvalue weighted by molar-refractivity contribution is 6.17. The lowest BCUT2D eigenvalue weighted by Gasteiger charge is -2.05. The van der Waals surface area contributed by atoms with E-state index < -0.39 is 32.8 Å². The van der Waals surface area contributed by atoms with Crippen molar-refractivity contribution in [2.45, 2.75) is 0 Å². The molecule has 6 aromatic heterocycles. The molecule has 180 valence electrons. The van der Waals surface area contributed by atoms with Crippen LogP contribution in [0.25, 0.3) is 64.9 Å². The van der Waals surface area contributed by atoms with Crippen molar-refractivity contribution in [3.63, 3.8) is 0 Å². The van der Waals surface area contributed by atoms with Gasteiger partial charge >= 0.3 is 0 Å². The van der Waals surface area contributed by atoms with E-state index in [1.165, 1.54) is 72.8 Å². The van der Waals surface area contributed by atoms with Crippen LogP contribution in [0.4, 0.5) is 0 Å². The summed E-state index contributed by atoms with van der Waals surface area (Å²) in [7, 11) is 0. The SMILES string of the molecule is O=c1[nH]c2c(cc3c(=O)c4c5cccc4c(=O)c3c2[nH]c(=O)c2ccc(cc2)c5=O)c(=O)c2ccc1cc2. The molecule has 8 nitrogen and oxygen atoms in total. The molecular formula is C30H14N2O6. The lowest BCUT2D eigenvalue weighted by molar-refractivity contribution is 1.32. The van der Waals surface area contributed by atoms with Crippen molar-refractivity contribution < 1.29 is 0 Å². The summed E-state index contributed by atoms with van der Waals surface area (Å²) in [5.41, 5.74) is -3.72. The molecule has 0 amide bonds. The van der Waals surface area contributed by atoms with E-state index in [1.807, 2.05) is 0 Å². The number of H-pyrrole nitrogens is 2. The fourth-order valence-corrected chi connectivity index (χ4v) is 5.20. The average Bonchev–Trinajstić information content (AvgIpc) is 3.02. The maximum Gasteiger partial charge on any atom is 0.255 e. The third-order valence-corrected chi connectivity index (χ3v) is 7.12. The molecule has 0 unspecified atom stereocenters. The van der Waals surface area contributed by atoms with E-state index in [0.717, 1.165) is 0 Å². The van der Waals surface area contributed by atoms with Gasteiger partial charge in [0.2, 0.25) is 0 Å². The Morgan fingerprint density at radius 3 is 1.42 bits per heavy atom. The number of hydrogen-bond acceptors (Lipinski definition) is 6. The summed E-state index contributed by atoms with van der Waals surface area (Å²) in [6.07, 6.45) is 0. The first-order chi connectivity index (χ1) is 18.3. The molecule has 11 rings (SSSR count). The van der Waals surface area contributed by atoms with Crippen LogP contribution in [-0.4, -0.2) is 9.97 Å². The van der Waals surface area contributed by atoms with Gasteiger partial charge in [0.25, 0.3) is 11.1 Å². The van der Waals surface area contributed by atoms with Gasteiger partial charge in [-0.3, -0.25) is 28.8 Å². The monoisotopic (exact) mass is 498 g/mol. The Hall–Kier alpha value is -5.50. The molecule has 8 heteroatoms. The molecule has 0 aliphatic heterocycles. The quantitative estimate of drug-likeness (QED) is 0.309. The van der Waals surface area contributed by atoms with Crippen molar-refractivity contribution in [3.05, 3.63) is 134 Å². The highest BCUT2D eigenvalue weighted by atomic mass is 16.1. The van der Waals surface area contributed by atoms with Crippen molar-refractivity contribution in [2.75, 3.05) is 0 Å². The third kappa shape index (κ3) is 2.85. The molecule has 10 bridgehead atoms. The van der Waals surface area contributed by atoms with Crippen LogP contribution >= 0.6 is 0 Å². The van der Waals surface area contributed by atoms with Crippen molar-refractivity contribution in [2.24, 2.45) is 0 Å². The molecule has 2 N–H and O–H groups in total. The van der Waals surface area contributed by atoms with Crippen LogP contribution in [0.5, 0.6) is 0 Å². The molecule has 0 saturated carbocycles. The van der Waals surface area contributed by atoms with Crippen LogP contribution in [0.3, 0.4) is 0 Å². The van der Waals surface area contributed by atoms with Crippen molar-refractivity contribution in [3.8, 4) is 0 Å². The smallest absolute Gasteiger partial charge is 0.255 e. The molecule has 0 atom stereocenters. The van der Waals surface area contributed by atoms with E-state index >= 15 is 0 Å². The molecular weight excluding hydrogens is 484 g/mol. The number of aromatic nitrogens is 2. The summed E-state index contributed by atoms with van der Waals surface area (Å²) >= 11 is 0. The van der Waals surface area contributed by atoms with Gasteiger partial charge in [-0.15, -0.1) is 0 Å². The molecule has 5 aromatic carbocycles. The van der Waals surface area contributed by atoms with Gasteiger partial charge < -0.3 is 9.97 Å². The standard InChI is InChI=1S/C30H14N2O6/c33-25-13-4-8-16(9-5-13)30(38)32-24-22-19(28(36)21-17(25)2-1-3-18(21)27(22)35)12-20-23(24)31-29(37)15-10-6-14(7-11-15)26(20)34/h1-12H,(H,31,37)(H,32,38). The second kappa shape index (κ2) is 7.50. The zero-order chi connectivity index (χ0) is 26.3. The number of aromatic amines is 2. The van der Waals surface area contributed by atoms with Gasteiger partial charge in [0.05, 0.1) is 16.4 Å². The Bertz CT molecular complexity index is 2550. The first-order valence-electron chi connectivity index (χ1n) is 11.7. The largest absolute Gasteiger partial charge is 0.320 e. The third-order valence-electron chi connectivity index (χ3n) is 7.12. The molecule has 38 heavy (non-hydrogen) atoms. The first-order valence-corrected chi connectivity index (χ1v) is 11.7. The predicted octanol–water partition coefficient (Wildman–Crippen LogP) is 2.86. The van der Waals surface area contributed by atoms with Gasteiger partial charge in [-0.25, -0.2) is 0 Å². The number of nitrogens with one attached hydrogen (secondary N) is 2. The maximum absolute atomic E-state index is 14.0.